The number of aromatic nitrogens is 2. The smallest absolute Gasteiger partial charge is 0.104 e. The lowest BCUT2D eigenvalue weighted by Crippen LogP contribution is -2.23. The zero-order valence-electron chi connectivity index (χ0n) is 11.4. The number of hydrogen-bond donors (Lipinski definition) is 1. The number of pyridine rings is 1. The fourth-order valence-electron chi connectivity index (χ4n) is 3.26. The molecule has 0 fully saturated rings. The van der Waals surface area contributed by atoms with E-state index in [0.29, 0.717) is 12.2 Å². The summed E-state index contributed by atoms with van der Waals surface area (Å²) in [6, 6.07) is 8.26. The highest BCUT2D eigenvalue weighted by Crippen LogP contribution is 2.25. The SMILES string of the molecule is CCCn1c2cccnc2c2c3c(ccc21)=C(O)CC=3. The van der Waals surface area contributed by atoms with Gasteiger partial charge in [-0.25, -0.2) is 0 Å². The topological polar surface area (TPSA) is 38.0 Å². The molecule has 1 aliphatic carbocycles. The minimum Gasteiger partial charge on any atom is -0.511 e. The van der Waals surface area contributed by atoms with Crippen LogP contribution in [0.25, 0.3) is 33.8 Å². The van der Waals surface area contributed by atoms with Gasteiger partial charge in [0.2, 0.25) is 0 Å². The summed E-state index contributed by atoms with van der Waals surface area (Å²) in [6.07, 6.45) is 5.67. The van der Waals surface area contributed by atoms with Crippen LogP contribution in [0.4, 0.5) is 0 Å². The van der Waals surface area contributed by atoms with Gasteiger partial charge in [0, 0.05) is 29.8 Å². The van der Waals surface area contributed by atoms with E-state index in [1.54, 1.807) is 0 Å². The lowest BCUT2D eigenvalue weighted by atomic mass is 10.1. The summed E-state index contributed by atoms with van der Waals surface area (Å²) in [6.45, 7) is 3.17. The van der Waals surface area contributed by atoms with Crippen LogP contribution in [0.5, 0.6) is 0 Å². The van der Waals surface area contributed by atoms with Crippen molar-refractivity contribution in [2.75, 3.05) is 0 Å². The summed E-state index contributed by atoms with van der Waals surface area (Å²) in [4.78, 5) is 4.58. The van der Waals surface area contributed by atoms with Gasteiger partial charge in [-0.2, -0.15) is 0 Å². The number of hydrogen-bond acceptors (Lipinski definition) is 2. The second-order valence-electron chi connectivity index (χ2n) is 5.30. The standard InChI is InChI=1S/C17H16N2O/c1-2-10-19-13-7-5-11-12(6-8-15(11)20)16(13)17-14(19)4-3-9-18-17/h3-7,9,20H,2,8,10H2,1H3. The second kappa shape index (κ2) is 4.10. The fourth-order valence-corrected chi connectivity index (χ4v) is 3.26. The van der Waals surface area contributed by atoms with Crippen molar-refractivity contribution in [3.63, 3.8) is 0 Å². The Morgan fingerprint density at radius 2 is 2.15 bits per heavy atom. The van der Waals surface area contributed by atoms with E-state index in [0.717, 1.165) is 28.9 Å². The van der Waals surface area contributed by atoms with Gasteiger partial charge in [-0.1, -0.05) is 13.0 Å². The summed E-state index contributed by atoms with van der Waals surface area (Å²) in [5, 5.41) is 13.3. The predicted octanol–water partition coefficient (Wildman–Crippen LogP) is 2.45. The highest BCUT2D eigenvalue weighted by Gasteiger charge is 2.15. The van der Waals surface area contributed by atoms with E-state index in [1.165, 1.54) is 16.4 Å². The summed E-state index contributed by atoms with van der Waals surface area (Å²) in [5.41, 5.74) is 3.43. The number of aliphatic hydroxyl groups is 1. The number of fused-ring (bicyclic) bond motifs is 5. The van der Waals surface area contributed by atoms with E-state index >= 15 is 0 Å². The van der Waals surface area contributed by atoms with Crippen LogP contribution in [0.3, 0.4) is 0 Å². The van der Waals surface area contributed by atoms with Crippen molar-refractivity contribution >= 4 is 33.8 Å². The van der Waals surface area contributed by atoms with Gasteiger partial charge in [0.15, 0.2) is 0 Å². The molecule has 2 heterocycles. The van der Waals surface area contributed by atoms with Crippen LogP contribution < -0.4 is 10.4 Å². The monoisotopic (exact) mass is 264 g/mol. The average molecular weight is 264 g/mol. The van der Waals surface area contributed by atoms with Crippen LogP contribution in [0.15, 0.2) is 30.5 Å². The Balaban J connectivity index is 2.30. The number of aryl methyl sites for hydroxylation is 1. The maximum absolute atomic E-state index is 9.98. The lowest BCUT2D eigenvalue weighted by molar-refractivity contribution is 0.493. The quantitative estimate of drug-likeness (QED) is 0.772. The first-order chi connectivity index (χ1) is 9.81. The first kappa shape index (κ1) is 11.5. The molecule has 0 aliphatic heterocycles. The van der Waals surface area contributed by atoms with E-state index in [9.17, 15) is 5.11 Å². The molecular weight excluding hydrogens is 248 g/mol. The van der Waals surface area contributed by atoms with E-state index in [4.69, 9.17) is 0 Å². The first-order valence-corrected chi connectivity index (χ1v) is 7.09. The Morgan fingerprint density at radius 3 is 3.00 bits per heavy atom. The molecule has 20 heavy (non-hydrogen) atoms. The van der Waals surface area contributed by atoms with Crippen LogP contribution in [0.1, 0.15) is 19.8 Å². The molecule has 1 aromatic carbocycles. The van der Waals surface area contributed by atoms with Gasteiger partial charge >= 0.3 is 0 Å². The van der Waals surface area contributed by atoms with Crippen molar-refractivity contribution in [3.05, 3.63) is 40.9 Å². The van der Waals surface area contributed by atoms with Crippen LogP contribution in [-0.4, -0.2) is 14.7 Å². The molecule has 3 aromatic rings. The van der Waals surface area contributed by atoms with E-state index < -0.39 is 0 Å². The van der Waals surface area contributed by atoms with Crippen molar-refractivity contribution in [2.45, 2.75) is 26.3 Å². The van der Waals surface area contributed by atoms with Gasteiger partial charge in [-0.3, -0.25) is 4.98 Å². The molecule has 0 atom stereocenters. The first-order valence-electron chi connectivity index (χ1n) is 7.09. The van der Waals surface area contributed by atoms with Crippen LogP contribution in [0, 0.1) is 0 Å². The molecule has 3 nitrogen and oxygen atoms in total. The molecule has 2 aromatic heterocycles. The Kier molecular flexibility index (Phi) is 2.36. The van der Waals surface area contributed by atoms with Crippen LogP contribution in [0.2, 0.25) is 0 Å². The molecule has 0 saturated carbocycles. The summed E-state index contributed by atoms with van der Waals surface area (Å²) in [7, 11) is 0. The third-order valence-corrected chi connectivity index (χ3v) is 4.09. The molecule has 1 N–H and O–H groups in total. The third kappa shape index (κ3) is 1.38. The molecule has 0 radical (unpaired) electrons. The highest BCUT2D eigenvalue weighted by molar-refractivity contribution is 6.06. The fraction of sp³-hybridized carbons (Fsp3) is 0.235. The van der Waals surface area contributed by atoms with Crippen molar-refractivity contribution in [1.29, 1.82) is 0 Å². The highest BCUT2D eigenvalue weighted by atomic mass is 16.3. The van der Waals surface area contributed by atoms with E-state index in [1.807, 2.05) is 18.3 Å². The minimum atomic E-state index is 0.467. The molecule has 100 valence electrons. The maximum Gasteiger partial charge on any atom is 0.104 e. The molecule has 3 heteroatoms. The van der Waals surface area contributed by atoms with Crippen molar-refractivity contribution < 1.29 is 5.11 Å². The molecular formula is C17H16N2O. The second-order valence-corrected chi connectivity index (χ2v) is 5.30. The number of rotatable bonds is 2. The molecule has 0 bridgehead atoms. The van der Waals surface area contributed by atoms with Gasteiger partial charge in [-0.05, 0) is 35.9 Å². The average Bonchev–Trinajstić information content (AvgIpc) is 3.00. The molecule has 0 spiro atoms. The number of aliphatic hydroxyl groups excluding tert-OH is 1. The van der Waals surface area contributed by atoms with Crippen molar-refractivity contribution in [3.8, 4) is 0 Å². The lowest BCUT2D eigenvalue weighted by Gasteiger charge is -2.04. The third-order valence-electron chi connectivity index (χ3n) is 4.09. The van der Waals surface area contributed by atoms with Crippen LogP contribution in [-0.2, 0) is 6.54 Å². The van der Waals surface area contributed by atoms with Gasteiger partial charge in [0.05, 0.1) is 16.6 Å². The van der Waals surface area contributed by atoms with Gasteiger partial charge in [0.25, 0.3) is 0 Å². The number of nitrogens with zero attached hydrogens (tertiary/aromatic N) is 2. The van der Waals surface area contributed by atoms with Crippen LogP contribution >= 0.6 is 0 Å². The zero-order valence-corrected chi connectivity index (χ0v) is 11.4. The molecule has 1 aliphatic rings. The van der Waals surface area contributed by atoms with E-state index in [-0.39, 0.29) is 0 Å². The molecule has 4 rings (SSSR count). The molecule has 0 amide bonds. The number of benzene rings is 1. The predicted molar refractivity (Wildman–Crippen MR) is 81.9 cm³/mol. The normalized spacial score (nSPS) is 13.9. The summed E-state index contributed by atoms with van der Waals surface area (Å²) < 4.78 is 2.33. The Morgan fingerprint density at radius 1 is 1.25 bits per heavy atom. The summed E-state index contributed by atoms with van der Waals surface area (Å²) >= 11 is 0. The Bertz CT molecular complexity index is 950. The maximum atomic E-state index is 9.98. The molecule has 0 saturated heterocycles. The van der Waals surface area contributed by atoms with E-state index in [2.05, 4.69) is 34.7 Å². The largest absolute Gasteiger partial charge is 0.511 e. The zero-order chi connectivity index (χ0) is 13.7. The molecule has 0 unspecified atom stereocenters. The van der Waals surface area contributed by atoms with Gasteiger partial charge < -0.3 is 9.67 Å². The van der Waals surface area contributed by atoms with Crippen molar-refractivity contribution in [1.82, 2.24) is 9.55 Å². The Labute approximate surface area is 116 Å². The summed E-state index contributed by atoms with van der Waals surface area (Å²) in [5.74, 6) is 0.467. The minimum absolute atomic E-state index is 0.467. The van der Waals surface area contributed by atoms with Gasteiger partial charge in [-0.15, -0.1) is 0 Å². The van der Waals surface area contributed by atoms with Gasteiger partial charge in [0.1, 0.15) is 5.76 Å². The van der Waals surface area contributed by atoms with Crippen molar-refractivity contribution in [2.24, 2.45) is 0 Å². The Hall–Kier alpha value is -2.29.